The lowest BCUT2D eigenvalue weighted by Crippen LogP contribution is -2.67. The zero-order chi connectivity index (χ0) is 45.5. The molecular weight excluding hydrogens is 801 g/mol. The molecule has 1 saturated carbocycles. The molecule has 338 valence electrons. The summed E-state index contributed by atoms with van der Waals surface area (Å²) in [5.74, 6) is -2.14. The van der Waals surface area contributed by atoms with E-state index in [-0.39, 0.29) is 62.0 Å². The number of nitrogens with zero attached hydrogens (tertiary/aromatic N) is 4. The summed E-state index contributed by atoms with van der Waals surface area (Å²) in [7, 11) is 3.30. The molecule has 63 heavy (non-hydrogen) atoms. The summed E-state index contributed by atoms with van der Waals surface area (Å²) in [5.41, 5.74) is 6.65. The van der Waals surface area contributed by atoms with Gasteiger partial charge in [0.1, 0.15) is 17.8 Å². The third-order valence-corrected chi connectivity index (χ3v) is 13.2. The molecule has 4 heterocycles. The SMILES string of the molecule is CCn1c(-c2cccnc2[C@H](C)OC)c2c3cc(ccc31)-c1cc(O)cc(c1)C[C@H](NC(=O)[C@H](C(C)C)N(C)C(=O)[C@H]1C[C@H](C)C1)C(=O)N1CCC[C@@](O)(N1)C(=O)OCC(C)(C)C2. The van der Waals surface area contributed by atoms with Crippen molar-refractivity contribution in [1.82, 2.24) is 30.2 Å². The van der Waals surface area contributed by atoms with Gasteiger partial charge in [0.2, 0.25) is 17.5 Å². The molecule has 4 aromatic rings. The number of aromatic hydroxyl groups is 1. The molecule has 2 aromatic heterocycles. The van der Waals surface area contributed by atoms with Crippen LogP contribution in [0.25, 0.3) is 33.3 Å². The van der Waals surface area contributed by atoms with Gasteiger partial charge in [0.05, 0.1) is 24.1 Å². The lowest BCUT2D eigenvalue weighted by atomic mass is 9.75. The molecule has 6 bridgehead atoms. The number of nitrogens with one attached hydrogen (secondary N) is 2. The molecule has 1 aliphatic carbocycles. The van der Waals surface area contributed by atoms with Crippen LogP contribution in [0.4, 0.5) is 0 Å². The van der Waals surface area contributed by atoms with Gasteiger partial charge in [0.25, 0.3) is 5.91 Å². The number of fused-ring (bicyclic) bond motifs is 6. The molecule has 4 N–H and O–H groups in total. The second-order valence-electron chi connectivity index (χ2n) is 19.2. The number of hydrogen-bond acceptors (Lipinski definition) is 10. The number of cyclic esters (lactones) is 1. The quantitative estimate of drug-likeness (QED) is 0.140. The number of aliphatic hydroxyl groups is 1. The van der Waals surface area contributed by atoms with E-state index in [1.54, 1.807) is 32.5 Å². The molecule has 14 heteroatoms. The maximum Gasteiger partial charge on any atom is 0.355 e. The Hall–Kier alpha value is -5.31. The van der Waals surface area contributed by atoms with Crippen LogP contribution in [0.1, 0.15) is 97.1 Å². The van der Waals surface area contributed by atoms with Crippen LogP contribution < -0.4 is 10.7 Å². The number of esters is 1. The first-order valence-corrected chi connectivity index (χ1v) is 22.4. The number of phenols is 1. The summed E-state index contributed by atoms with van der Waals surface area (Å²) in [6, 6.07) is 13.2. The first-order valence-electron chi connectivity index (χ1n) is 22.4. The van der Waals surface area contributed by atoms with Gasteiger partial charge in [-0.15, -0.1) is 0 Å². The van der Waals surface area contributed by atoms with E-state index in [4.69, 9.17) is 14.5 Å². The van der Waals surface area contributed by atoms with Crippen molar-refractivity contribution >= 4 is 34.6 Å². The number of aromatic nitrogens is 2. The van der Waals surface area contributed by atoms with E-state index in [0.29, 0.717) is 30.0 Å². The maximum absolute atomic E-state index is 14.6. The Labute approximate surface area is 370 Å². The Morgan fingerprint density at radius 2 is 1.84 bits per heavy atom. The average molecular weight is 865 g/mol. The van der Waals surface area contributed by atoms with Crippen LogP contribution >= 0.6 is 0 Å². The van der Waals surface area contributed by atoms with Crippen LogP contribution in [-0.2, 0) is 48.0 Å². The third kappa shape index (κ3) is 9.21. The monoisotopic (exact) mass is 864 g/mol. The zero-order valence-electron chi connectivity index (χ0n) is 38.2. The van der Waals surface area contributed by atoms with Crippen molar-refractivity contribution in [1.29, 1.82) is 0 Å². The summed E-state index contributed by atoms with van der Waals surface area (Å²) >= 11 is 0. The highest BCUT2D eigenvalue weighted by molar-refractivity contribution is 5.96. The van der Waals surface area contributed by atoms with E-state index in [1.165, 1.54) is 9.91 Å². The van der Waals surface area contributed by atoms with Crippen molar-refractivity contribution in [2.24, 2.45) is 23.2 Å². The standard InChI is InChI=1S/C49H64N6O8/c1-10-54-40-15-14-32-25-37(40)38(43(54)36-13-11-17-50-41(36)30(5)62-9)26-48(6,7)27-63-47(60)49(61)16-12-18-55(52-49)46(59)39(23-31-21-33(32)24-35(56)22-31)51-44(57)42(28(2)3)53(8)45(58)34-19-29(4)20-34/h11,13-15,17,21-22,24-25,28-30,34,39,42,52,56,61H,10,12,16,18-20,23,26-27H2,1-9H3,(H,51,57)/t29-,30-,34-,39-,42-,49-/m0/s1. The fourth-order valence-electron chi connectivity index (χ4n) is 9.82. The molecule has 0 spiro atoms. The Kier molecular flexibility index (Phi) is 13.1. The Bertz CT molecular complexity index is 2390. The van der Waals surface area contributed by atoms with Gasteiger partial charge in [-0.2, -0.15) is 5.43 Å². The number of amides is 3. The number of aryl methyl sites for hydroxylation is 1. The van der Waals surface area contributed by atoms with Gasteiger partial charge in [-0.25, -0.2) is 4.79 Å². The number of carbonyl (C=O) groups is 4. The number of benzene rings is 2. The number of hydrogen-bond donors (Lipinski definition) is 4. The van der Waals surface area contributed by atoms with Gasteiger partial charge < -0.3 is 34.5 Å². The summed E-state index contributed by atoms with van der Waals surface area (Å²) < 4.78 is 14.0. The fraction of sp³-hybridized carbons (Fsp3) is 0.531. The van der Waals surface area contributed by atoms with Gasteiger partial charge in [-0.05, 0) is 110 Å². The van der Waals surface area contributed by atoms with Crippen LogP contribution in [-0.4, -0.2) is 98.5 Å². The van der Waals surface area contributed by atoms with Crippen molar-refractivity contribution in [3.05, 3.63) is 71.5 Å². The van der Waals surface area contributed by atoms with Crippen molar-refractivity contribution in [3.8, 4) is 28.1 Å². The fourth-order valence-corrected chi connectivity index (χ4v) is 9.82. The Morgan fingerprint density at radius 3 is 2.52 bits per heavy atom. The molecule has 2 aromatic carbocycles. The second kappa shape index (κ2) is 18.1. The number of carbonyl (C=O) groups excluding carboxylic acids is 4. The minimum atomic E-state index is -2.23. The normalized spacial score (nSPS) is 23.7. The smallest absolute Gasteiger partial charge is 0.355 e. The molecule has 1 saturated heterocycles. The minimum Gasteiger partial charge on any atom is -0.508 e. The predicted octanol–water partition coefficient (Wildman–Crippen LogP) is 6.30. The van der Waals surface area contributed by atoms with Crippen LogP contribution in [0.5, 0.6) is 5.75 Å². The van der Waals surface area contributed by atoms with Crippen LogP contribution in [0, 0.1) is 23.2 Å². The van der Waals surface area contributed by atoms with Gasteiger partial charge in [-0.1, -0.05) is 46.8 Å². The van der Waals surface area contributed by atoms with Crippen LogP contribution in [0.3, 0.4) is 0 Å². The van der Waals surface area contributed by atoms with Crippen molar-refractivity contribution in [3.63, 3.8) is 0 Å². The Morgan fingerprint density at radius 1 is 1.10 bits per heavy atom. The number of pyridine rings is 1. The predicted molar refractivity (Wildman–Crippen MR) is 240 cm³/mol. The van der Waals surface area contributed by atoms with Gasteiger partial charge in [0.15, 0.2) is 0 Å². The molecule has 2 fully saturated rings. The van der Waals surface area contributed by atoms with E-state index in [9.17, 15) is 29.4 Å². The van der Waals surface area contributed by atoms with Gasteiger partial charge in [0, 0.05) is 74.1 Å². The average Bonchev–Trinajstić information content (AvgIpc) is 3.54. The highest BCUT2D eigenvalue weighted by Gasteiger charge is 2.46. The van der Waals surface area contributed by atoms with E-state index < -0.39 is 41.0 Å². The molecule has 3 aliphatic rings. The number of ether oxygens (including phenoxy) is 2. The van der Waals surface area contributed by atoms with Crippen LogP contribution in [0.2, 0.25) is 0 Å². The van der Waals surface area contributed by atoms with Crippen LogP contribution in [0.15, 0.2) is 54.7 Å². The lowest BCUT2D eigenvalue weighted by molar-refractivity contribution is -0.189. The van der Waals surface area contributed by atoms with E-state index >= 15 is 0 Å². The largest absolute Gasteiger partial charge is 0.508 e. The van der Waals surface area contributed by atoms with Crippen molar-refractivity contribution < 1.29 is 38.9 Å². The molecule has 3 amide bonds. The number of methoxy groups -OCH3 is 1. The molecule has 2 aliphatic heterocycles. The third-order valence-electron chi connectivity index (χ3n) is 13.2. The summed E-state index contributed by atoms with van der Waals surface area (Å²) in [6.45, 7) is 14.6. The highest BCUT2D eigenvalue weighted by atomic mass is 16.6. The summed E-state index contributed by atoms with van der Waals surface area (Å²) in [5, 5.41) is 28.2. The van der Waals surface area contributed by atoms with Crippen molar-refractivity contribution in [2.75, 3.05) is 27.3 Å². The Balaban J connectivity index is 1.36. The maximum atomic E-state index is 14.6. The topological polar surface area (TPSA) is 176 Å². The van der Waals surface area contributed by atoms with E-state index in [2.05, 4.69) is 47.4 Å². The highest BCUT2D eigenvalue weighted by Crippen LogP contribution is 2.42. The van der Waals surface area contributed by atoms with E-state index in [1.807, 2.05) is 52.8 Å². The van der Waals surface area contributed by atoms with E-state index in [0.717, 1.165) is 51.8 Å². The lowest BCUT2D eigenvalue weighted by Gasteiger charge is -2.41. The number of phenolic OH excluding ortho intramolecular Hbond substituents is 1. The second-order valence-corrected chi connectivity index (χ2v) is 19.2. The zero-order valence-corrected chi connectivity index (χ0v) is 38.2. The first kappa shape index (κ1) is 45.7. The molecular formula is C49H64N6O8. The molecule has 0 radical (unpaired) electrons. The molecule has 4 atom stereocenters. The minimum absolute atomic E-state index is 0.0104. The number of likely N-dealkylation sites (N-methyl/N-ethyl adjacent to an activating group) is 1. The molecule has 0 unspecified atom stereocenters. The van der Waals surface area contributed by atoms with Gasteiger partial charge >= 0.3 is 5.97 Å². The first-order chi connectivity index (χ1) is 29.8. The summed E-state index contributed by atoms with van der Waals surface area (Å²) in [6.07, 6.45) is 3.67. The summed E-state index contributed by atoms with van der Waals surface area (Å²) in [4.78, 5) is 62.8. The molecule has 7 rings (SSSR count). The van der Waals surface area contributed by atoms with Gasteiger partial charge in [-0.3, -0.25) is 24.4 Å². The molecule has 14 nitrogen and oxygen atoms in total. The van der Waals surface area contributed by atoms with Crippen molar-refractivity contribution in [2.45, 2.75) is 117 Å². The number of rotatable bonds is 9. The number of hydrazine groups is 1.